The molecule has 1 aliphatic heterocycles. The first kappa shape index (κ1) is 19.0. The molecular weight excluding hydrogens is 414 g/mol. The molecule has 0 saturated heterocycles. The molecule has 8 heteroatoms. The Kier molecular flexibility index (Phi) is 5.55. The Balaban J connectivity index is 2.01. The van der Waals surface area contributed by atoms with Crippen molar-refractivity contribution < 1.29 is 19.0 Å². The third-order valence-corrected chi connectivity index (χ3v) is 4.92. The standard InChI is InChI=1S/C19H20BrN3O4/c1-25-16-8-12(9-17(26-2)18(16)27-3)14-10-15(23(22-14)19(21)24)11-4-6-13(20)7-5-11/h4-9,15H,10H2,1-3H3,(H2,21,24). The molecule has 0 bridgehead atoms. The van der Waals surface area contributed by atoms with Crippen LogP contribution in [0.5, 0.6) is 17.2 Å². The van der Waals surface area contributed by atoms with Crippen LogP contribution in [0.25, 0.3) is 0 Å². The van der Waals surface area contributed by atoms with Gasteiger partial charge in [0.25, 0.3) is 0 Å². The summed E-state index contributed by atoms with van der Waals surface area (Å²) in [4.78, 5) is 11.9. The zero-order valence-corrected chi connectivity index (χ0v) is 16.8. The van der Waals surface area contributed by atoms with Gasteiger partial charge in [-0.2, -0.15) is 5.10 Å². The number of benzene rings is 2. The van der Waals surface area contributed by atoms with E-state index in [0.717, 1.165) is 15.6 Å². The number of rotatable bonds is 5. The molecule has 2 amide bonds. The van der Waals surface area contributed by atoms with Crippen molar-refractivity contribution >= 4 is 27.7 Å². The summed E-state index contributed by atoms with van der Waals surface area (Å²) >= 11 is 3.42. The molecule has 0 saturated carbocycles. The Labute approximate surface area is 165 Å². The highest BCUT2D eigenvalue weighted by Crippen LogP contribution is 2.40. The number of hydrogen-bond donors (Lipinski definition) is 1. The van der Waals surface area contributed by atoms with Crippen LogP contribution in [-0.2, 0) is 0 Å². The van der Waals surface area contributed by atoms with Crippen molar-refractivity contribution in [2.24, 2.45) is 10.8 Å². The van der Waals surface area contributed by atoms with Crippen LogP contribution in [0.3, 0.4) is 0 Å². The van der Waals surface area contributed by atoms with Gasteiger partial charge in [-0.3, -0.25) is 0 Å². The second kappa shape index (κ2) is 7.87. The molecule has 0 spiro atoms. The van der Waals surface area contributed by atoms with Crippen molar-refractivity contribution in [3.63, 3.8) is 0 Å². The van der Waals surface area contributed by atoms with E-state index in [-0.39, 0.29) is 6.04 Å². The van der Waals surface area contributed by atoms with E-state index in [2.05, 4.69) is 21.0 Å². The second-order valence-corrected chi connectivity index (χ2v) is 6.83. The van der Waals surface area contributed by atoms with Gasteiger partial charge in [0.15, 0.2) is 11.5 Å². The fourth-order valence-electron chi connectivity index (χ4n) is 3.08. The maximum absolute atomic E-state index is 11.9. The first-order valence-corrected chi connectivity index (χ1v) is 8.99. The van der Waals surface area contributed by atoms with Gasteiger partial charge >= 0.3 is 6.03 Å². The average Bonchev–Trinajstić information content (AvgIpc) is 3.13. The Hall–Kier alpha value is -2.74. The monoisotopic (exact) mass is 433 g/mol. The number of nitrogens with two attached hydrogens (primary N) is 1. The van der Waals surface area contributed by atoms with Crippen molar-refractivity contribution in [1.82, 2.24) is 5.01 Å². The Morgan fingerprint density at radius 2 is 1.70 bits per heavy atom. The molecule has 0 aliphatic carbocycles. The van der Waals surface area contributed by atoms with Gasteiger partial charge in [-0.1, -0.05) is 28.1 Å². The van der Waals surface area contributed by atoms with Gasteiger partial charge in [0.05, 0.1) is 33.1 Å². The van der Waals surface area contributed by atoms with E-state index in [4.69, 9.17) is 19.9 Å². The van der Waals surface area contributed by atoms with Gasteiger partial charge in [0, 0.05) is 16.5 Å². The van der Waals surface area contributed by atoms with E-state index in [1.165, 1.54) is 5.01 Å². The number of nitrogens with zero attached hydrogens (tertiary/aromatic N) is 2. The number of hydrazone groups is 1. The average molecular weight is 434 g/mol. The predicted molar refractivity (Wildman–Crippen MR) is 106 cm³/mol. The minimum absolute atomic E-state index is 0.273. The highest BCUT2D eigenvalue weighted by atomic mass is 79.9. The molecule has 1 unspecified atom stereocenters. The van der Waals surface area contributed by atoms with E-state index in [0.29, 0.717) is 29.4 Å². The van der Waals surface area contributed by atoms with Crippen LogP contribution >= 0.6 is 15.9 Å². The smallest absolute Gasteiger partial charge is 0.335 e. The van der Waals surface area contributed by atoms with E-state index < -0.39 is 6.03 Å². The highest BCUT2D eigenvalue weighted by molar-refractivity contribution is 9.10. The van der Waals surface area contributed by atoms with Crippen LogP contribution in [0.2, 0.25) is 0 Å². The molecule has 1 heterocycles. The molecule has 2 aromatic rings. The summed E-state index contributed by atoms with van der Waals surface area (Å²) in [6.45, 7) is 0. The molecular formula is C19H20BrN3O4. The molecule has 3 rings (SSSR count). The number of primary amides is 1. The number of hydrogen-bond acceptors (Lipinski definition) is 5. The van der Waals surface area contributed by atoms with Crippen molar-refractivity contribution in [2.75, 3.05) is 21.3 Å². The van der Waals surface area contributed by atoms with Gasteiger partial charge < -0.3 is 19.9 Å². The summed E-state index contributed by atoms with van der Waals surface area (Å²) in [5.74, 6) is 1.54. The van der Waals surface area contributed by atoms with Crippen molar-refractivity contribution in [2.45, 2.75) is 12.5 Å². The molecule has 0 fully saturated rings. The lowest BCUT2D eigenvalue weighted by Gasteiger charge is -2.19. The van der Waals surface area contributed by atoms with Crippen LogP contribution in [0, 0.1) is 0 Å². The third kappa shape index (κ3) is 3.71. The molecule has 2 aromatic carbocycles. The molecule has 2 N–H and O–H groups in total. The minimum atomic E-state index is -0.606. The number of halogens is 1. The highest BCUT2D eigenvalue weighted by Gasteiger charge is 2.32. The number of amides is 2. The molecule has 0 radical (unpaired) electrons. The summed E-state index contributed by atoms with van der Waals surface area (Å²) in [7, 11) is 4.65. The summed E-state index contributed by atoms with van der Waals surface area (Å²) < 4.78 is 17.1. The molecule has 1 atom stereocenters. The lowest BCUT2D eigenvalue weighted by Crippen LogP contribution is -2.31. The lowest BCUT2D eigenvalue weighted by molar-refractivity contribution is 0.196. The maximum atomic E-state index is 11.9. The maximum Gasteiger partial charge on any atom is 0.335 e. The quantitative estimate of drug-likeness (QED) is 0.778. The first-order valence-electron chi connectivity index (χ1n) is 8.20. The lowest BCUT2D eigenvalue weighted by atomic mass is 9.98. The summed E-state index contributed by atoms with van der Waals surface area (Å²) in [6, 6.07) is 10.5. The Bertz CT molecular complexity index is 858. The van der Waals surface area contributed by atoms with Crippen LogP contribution in [0.1, 0.15) is 23.6 Å². The van der Waals surface area contributed by atoms with Gasteiger partial charge in [-0.25, -0.2) is 9.80 Å². The zero-order chi connectivity index (χ0) is 19.6. The van der Waals surface area contributed by atoms with E-state index in [9.17, 15) is 4.79 Å². The van der Waals surface area contributed by atoms with Gasteiger partial charge in [-0.05, 0) is 29.8 Å². The predicted octanol–water partition coefficient (Wildman–Crippen LogP) is 3.70. The van der Waals surface area contributed by atoms with E-state index in [1.807, 2.05) is 36.4 Å². The molecule has 142 valence electrons. The van der Waals surface area contributed by atoms with E-state index in [1.54, 1.807) is 21.3 Å². The summed E-state index contributed by atoms with van der Waals surface area (Å²) in [6.07, 6.45) is 0.517. The fourth-order valence-corrected chi connectivity index (χ4v) is 3.34. The van der Waals surface area contributed by atoms with Crippen LogP contribution in [0.4, 0.5) is 4.79 Å². The Morgan fingerprint density at radius 1 is 1.11 bits per heavy atom. The number of ether oxygens (including phenoxy) is 3. The minimum Gasteiger partial charge on any atom is -0.493 e. The number of carbonyl (C=O) groups is 1. The van der Waals surface area contributed by atoms with Gasteiger partial charge in [0.2, 0.25) is 5.75 Å². The second-order valence-electron chi connectivity index (χ2n) is 5.91. The Morgan fingerprint density at radius 3 is 2.19 bits per heavy atom. The van der Waals surface area contributed by atoms with Crippen LogP contribution < -0.4 is 19.9 Å². The summed E-state index contributed by atoms with van der Waals surface area (Å²) in [5, 5.41) is 5.76. The fraction of sp³-hybridized carbons (Fsp3) is 0.263. The van der Waals surface area contributed by atoms with Crippen molar-refractivity contribution in [3.05, 3.63) is 52.0 Å². The molecule has 0 aromatic heterocycles. The summed E-state index contributed by atoms with van der Waals surface area (Å²) in [5.41, 5.74) is 7.98. The van der Waals surface area contributed by atoms with Gasteiger partial charge in [-0.15, -0.1) is 0 Å². The SMILES string of the molecule is COc1cc(C2=NN(C(N)=O)C(c3ccc(Br)cc3)C2)cc(OC)c1OC. The molecule has 1 aliphatic rings. The van der Waals surface area contributed by atoms with Crippen molar-refractivity contribution in [3.8, 4) is 17.2 Å². The third-order valence-electron chi connectivity index (χ3n) is 4.39. The molecule has 7 nitrogen and oxygen atoms in total. The number of methoxy groups -OCH3 is 3. The largest absolute Gasteiger partial charge is 0.493 e. The van der Waals surface area contributed by atoms with Gasteiger partial charge in [0.1, 0.15) is 0 Å². The topological polar surface area (TPSA) is 86.4 Å². The number of carbonyl (C=O) groups excluding carboxylic acids is 1. The molecule has 27 heavy (non-hydrogen) atoms. The van der Waals surface area contributed by atoms with Crippen molar-refractivity contribution in [1.29, 1.82) is 0 Å². The number of urea groups is 1. The first-order chi connectivity index (χ1) is 13.0. The van der Waals surface area contributed by atoms with E-state index >= 15 is 0 Å². The zero-order valence-electron chi connectivity index (χ0n) is 15.2. The van der Waals surface area contributed by atoms with Crippen LogP contribution in [0.15, 0.2) is 46.0 Å². The van der Waals surface area contributed by atoms with Crippen LogP contribution in [-0.4, -0.2) is 38.1 Å². The normalized spacial score (nSPS) is 16.1.